The first kappa shape index (κ1) is 17.5. The Bertz CT molecular complexity index is 779. The Morgan fingerprint density at radius 1 is 0.960 bits per heavy atom. The third-order valence-electron chi connectivity index (χ3n) is 4.82. The molecule has 0 radical (unpaired) electrons. The fourth-order valence-electron chi connectivity index (χ4n) is 3.26. The van der Waals surface area contributed by atoms with E-state index >= 15 is 0 Å². The summed E-state index contributed by atoms with van der Waals surface area (Å²) in [5, 5.41) is 2.97. The van der Waals surface area contributed by atoms with Gasteiger partial charge in [0.2, 0.25) is 5.91 Å². The highest BCUT2D eigenvalue weighted by Gasteiger charge is 2.12. The van der Waals surface area contributed by atoms with Crippen LogP contribution in [0.15, 0.2) is 48.5 Å². The quantitative estimate of drug-likeness (QED) is 0.737. The molecule has 0 bridgehead atoms. The smallest absolute Gasteiger partial charge is 0.248 e. The van der Waals surface area contributed by atoms with E-state index in [1.807, 2.05) is 12.1 Å². The van der Waals surface area contributed by atoms with Crippen LogP contribution in [0.3, 0.4) is 0 Å². The maximum Gasteiger partial charge on any atom is 0.248 e. The molecular weight excluding hydrogens is 306 g/mol. The predicted octanol–water partition coefficient (Wildman–Crippen LogP) is 5.51. The first-order valence-electron chi connectivity index (χ1n) is 9.13. The zero-order valence-electron chi connectivity index (χ0n) is 15.4. The van der Waals surface area contributed by atoms with Crippen molar-refractivity contribution in [3.63, 3.8) is 0 Å². The Morgan fingerprint density at radius 2 is 1.64 bits per heavy atom. The summed E-state index contributed by atoms with van der Waals surface area (Å²) in [6.45, 7) is 6.59. The predicted molar refractivity (Wildman–Crippen MR) is 106 cm³/mol. The zero-order chi connectivity index (χ0) is 17.9. The molecule has 0 atom stereocenters. The van der Waals surface area contributed by atoms with Gasteiger partial charge < -0.3 is 5.32 Å². The van der Waals surface area contributed by atoms with Gasteiger partial charge in [0.15, 0.2) is 0 Å². The molecule has 130 valence electrons. The summed E-state index contributed by atoms with van der Waals surface area (Å²) in [6.07, 6.45) is 8.26. The molecule has 2 aromatic carbocycles. The number of rotatable bonds is 3. The standard InChI is InChI=1S/C23H27NO/c1-23(2,3)20-12-8-17(9-13-20)10-15-22(25)24-21-14-11-18-6-4-5-7-19(18)16-21/h8-16H,4-7H2,1-3H3,(H,24,25). The molecule has 0 aromatic heterocycles. The highest BCUT2D eigenvalue weighted by atomic mass is 16.1. The molecule has 2 heteroatoms. The third-order valence-corrected chi connectivity index (χ3v) is 4.82. The van der Waals surface area contributed by atoms with Gasteiger partial charge in [-0.25, -0.2) is 0 Å². The number of amides is 1. The van der Waals surface area contributed by atoms with E-state index in [-0.39, 0.29) is 11.3 Å². The first-order chi connectivity index (χ1) is 11.9. The molecule has 3 rings (SSSR count). The molecule has 0 unspecified atom stereocenters. The van der Waals surface area contributed by atoms with Crippen molar-refractivity contribution in [1.82, 2.24) is 0 Å². The maximum atomic E-state index is 12.2. The summed E-state index contributed by atoms with van der Waals surface area (Å²) < 4.78 is 0. The van der Waals surface area contributed by atoms with Crippen LogP contribution in [0.5, 0.6) is 0 Å². The Kier molecular flexibility index (Phi) is 5.08. The van der Waals surface area contributed by atoms with Gasteiger partial charge >= 0.3 is 0 Å². The number of hydrogen-bond acceptors (Lipinski definition) is 1. The van der Waals surface area contributed by atoms with Gasteiger partial charge in [-0.1, -0.05) is 51.1 Å². The van der Waals surface area contributed by atoms with Crippen molar-refractivity contribution in [2.45, 2.75) is 51.9 Å². The average molecular weight is 333 g/mol. The number of carbonyl (C=O) groups is 1. The van der Waals surface area contributed by atoms with Crippen LogP contribution in [0, 0.1) is 0 Å². The van der Waals surface area contributed by atoms with Crippen molar-refractivity contribution in [3.8, 4) is 0 Å². The van der Waals surface area contributed by atoms with Gasteiger partial charge in [0.05, 0.1) is 0 Å². The van der Waals surface area contributed by atoms with Crippen molar-refractivity contribution >= 4 is 17.7 Å². The Labute approximate surface area is 151 Å². The van der Waals surface area contributed by atoms with E-state index in [0.29, 0.717) is 0 Å². The van der Waals surface area contributed by atoms with Crippen molar-refractivity contribution in [2.24, 2.45) is 0 Å². The van der Waals surface area contributed by atoms with Crippen LogP contribution < -0.4 is 5.32 Å². The van der Waals surface area contributed by atoms with E-state index in [9.17, 15) is 4.79 Å². The highest BCUT2D eigenvalue weighted by molar-refractivity contribution is 6.02. The number of nitrogens with one attached hydrogen (secondary N) is 1. The van der Waals surface area contributed by atoms with Gasteiger partial charge in [-0.15, -0.1) is 0 Å². The van der Waals surface area contributed by atoms with Crippen LogP contribution in [-0.2, 0) is 23.1 Å². The molecule has 0 fully saturated rings. The topological polar surface area (TPSA) is 29.1 Å². The summed E-state index contributed by atoms with van der Waals surface area (Å²) in [4.78, 5) is 12.2. The second-order valence-electron chi connectivity index (χ2n) is 7.89. The lowest BCUT2D eigenvalue weighted by Crippen LogP contribution is -2.10. The summed E-state index contributed by atoms with van der Waals surface area (Å²) in [6, 6.07) is 14.7. The fourth-order valence-corrected chi connectivity index (χ4v) is 3.26. The summed E-state index contributed by atoms with van der Waals surface area (Å²) in [5.74, 6) is -0.0874. The van der Waals surface area contributed by atoms with Crippen molar-refractivity contribution in [2.75, 3.05) is 5.32 Å². The van der Waals surface area contributed by atoms with E-state index in [2.05, 4.69) is 62.5 Å². The summed E-state index contributed by atoms with van der Waals surface area (Å²) in [5.41, 5.74) is 6.17. The molecule has 0 heterocycles. The van der Waals surface area contributed by atoms with E-state index in [4.69, 9.17) is 0 Å². The molecular formula is C23H27NO. The Hall–Kier alpha value is -2.35. The first-order valence-corrected chi connectivity index (χ1v) is 9.13. The lowest BCUT2D eigenvalue weighted by atomic mass is 9.87. The number of aryl methyl sites for hydroxylation is 2. The molecule has 0 saturated heterocycles. The van der Waals surface area contributed by atoms with Gasteiger partial charge in [0, 0.05) is 11.8 Å². The van der Waals surface area contributed by atoms with Crippen LogP contribution in [-0.4, -0.2) is 5.91 Å². The van der Waals surface area contributed by atoms with E-state index < -0.39 is 0 Å². The minimum absolute atomic E-state index is 0.0874. The molecule has 0 saturated carbocycles. The lowest BCUT2D eigenvalue weighted by molar-refractivity contribution is -0.111. The number of carbonyl (C=O) groups excluding carboxylic acids is 1. The van der Waals surface area contributed by atoms with Gasteiger partial charge in [0.1, 0.15) is 0 Å². The van der Waals surface area contributed by atoms with Crippen molar-refractivity contribution in [1.29, 1.82) is 0 Å². The zero-order valence-corrected chi connectivity index (χ0v) is 15.4. The monoisotopic (exact) mass is 333 g/mol. The number of benzene rings is 2. The van der Waals surface area contributed by atoms with Gasteiger partial charge in [-0.2, -0.15) is 0 Å². The van der Waals surface area contributed by atoms with E-state index in [1.165, 1.54) is 29.5 Å². The van der Waals surface area contributed by atoms with Crippen LogP contribution in [0.2, 0.25) is 0 Å². The molecule has 25 heavy (non-hydrogen) atoms. The maximum absolute atomic E-state index is 12.2. The minimum atomic E-state index is -0.0874. The highest BCUT2D eigenvalue weighted by Crippen LogP contribution is 2.24. The van der Waals surface area contributed by atoms with Crippen LogP contribution >= 0.6 is 0 Å². The molecule has 1 amide bonds. The van der Waals surface area contributed by atoms with Gasteiger partial charge in [0.25, 0.3) is 0 Å². The van der Waals surface area contributed by atoms with Crippen LogP contribution in [0.4, 0.5) is 5.69 Å². The molecule has 0 aliphatic heterocycles. The average Bonchev–Trinajstić information content (AvgIpc) is 2.59. The normalized spacial score (nSPS) is 14.4. The number of anilines is 1. The third kappa shape index (κ3) is 4.60. The number of fused-ring (bicyclic) bond motifs is 1. The SMILES string of the molecule is CC(C)(C)c1ccc(C=CC(=O)Nc2ccc3c(c2)CCCC3)cc1. The van der Waals surface area contributed by atoms with Gasteiger partial charge in [-0.05, 0) is 71.6 Å². The number of hydrogen-bond donors (Lipinski definition) is 1. The lowest BCUT2D eigenvalue weighted by Gasteiger charge is -2.18. The second kappa shape index (κ2) is 7.26. The fraction of sp³-hybridized carbons (Fsp3) is 0.348. The summed E-state index contributed by atoms with van der Waals surface area (Å²) >= 11 is 0. The molecule has 1 aliphatic rings. The van der Waals surface area contributed by atoms with Gasteiger partial charge in [-0.3, -0.25) is 4.79 Å². The van der Waals surface area contributed by atoms with Crippen LogP contribution in [0.25, 0.3) is 6.08 Å². The Morgan fingerprint density at radius 3 is 2.32 bits per heavy atom. The molecule has 1 N–H and O–H groups in total. The summed E-state index contributed by atoms with van der Waals surface area (Å²) in [7, 11) is 0. The largest absolute Gasteiger partial charge is 0.323 e. The van der Waals surface area contributed by atoms with E-state index in [0.717, 1.165) is 24.1 Å². The minimum Gasteiger partial charge on any atom is -0.323 e. The molecule has 1 aliphatic carbocycles. The van der Waals surface area contributed by atoms with Crippen molar-refractivity contribution < 1.29 is 4.79 Å². The Balaban J connectivity index is 1.63. The van der Waals surface area contributed by atoms with Crippen LogP contribution in [0.1, 0.15) is 55.9 Å². The molecule has 0 spiro atoms. The molecule has 2 aromatic rings. The second-order valence-corrected chi connectivity index (χ2v) is 7.89. The van der Waals surface area contributed by atoms with E-state index in [1.54, 1.807) is 6.08 Å². The molecule has 2 nitrogen and oxygen atoms in total. The van der Waals surface area contributed by atoms with Crippen molar-refractivity contribution in [3.05, 3.63) is 70.8 Å².